The average molecular weight is 179 g/mol. The van der Waals surface area contributed by atoms with Gasteiger partial charge in [0.05, 0.1) is 0 Å². The highest BCUT2D eigenvalue weighted by molar-refractivity contribution is 5.86. The molecule has 0 atom stereocenters. The second-order valence-corrected chi connectivity index (χ2v) is 3.21. The molecule has 0 fully saturated rings. The van der Waals surface area contributed by atoms with E-state index < -0.39 is 5.97 Å². The predicted molar refractivity (Wildman–Crippen MR) is 50.9 cm³/mol. The van der Waals surface area contributed by atoms with Gasteiger partial charge in [-0.2, -0.15) is 0 Å². The molecular formula is C10H13NO2. The van der Waals surface area contributed by atoms with E-state index >= 15 is 0 Å². The van der Waals surface area contributed by atoms with E-state index in [1.807, 2.05) is 13.8 Å². The molecule has 70 valence electrons. The Morgan fingerprint density at radius 3 is 2.69 bits per heavy atom. The Labute approximate surface area is 77.3 Å². The molecule has 1 rings (SSSR count). The number of nitrogens with zero attached hydrogens (tertiary/aromatic N) is 1. The van der Waals surface area contributed by atoms with Crippen molar-refractivity contribution in [1.82, 2.24) is 4.57 Å². The summed E-state index contributed by atoms with van der Waals surface area (Å²) in [5.74, 6) is -0.894. The van der Waals surface area contributed by atoms with Gasteiger partial charge in [-0.1, -0.05) is 12.2 Å². The lowest BCUT2D eigenvalue weighted by Crippen LogP contribution is -2.10. The predicted octanol–water partition coefficient (Wildman–Crippen LogP) is 2.07. The van der Waals surface area contributed by atoms with E-state index in [-0.39, 0.29) is 0 Å². The lowest BCUT2D eigenvalue weighted by molar-refractivity contribution is 0.0685. The molecule has 0 unspecified atom stereocenters. The van der Waals surface area contributed by atoms with Crippen LogP contribution in [-0.2, 0) is 6.54 Å². The van der Waals surface area contributed by atoms with E-state index in [1.165, 1.54) is 0 Å². The molecule has 0 aliphatic heterocycles. The lowest BCUT2D eigenvalue weighted by Gasteiger charge is -2.08. The number of aryl methyl sites for hydroxylation is 1. The van der Waals surface area contributed by atoms with Gasteiger partial charge < -0.3 is 9.67 Å². The van der Waals surface area contributed by atoms with Crippen molar-refractivity contribution in [3.05, 3.63) is 35.7 Å². The third kappa shape index (κ3) is 1.99. The van der Waals surface area contributed by atoms with Crippen molar-refractivity contribution < 1.29 is 9.90 Å². The maximum Gasteiger partial charge on any atom is 0.352 e. The summed E-state index contributed by atoms with van der Waals surface area (Å²) in [5.41, 5.74) is 2.21. The third-order valence-electron chi connectivity index (χ3n) is 1.85. The Balaban J connectivity index is 3.08. The van der Waals surface area contributed by atoms with Crippen LogP contribution in [0.5, 0.6) is 0 Å². The molecule has 0 amide bonds. The number of aromatic carboxylic acids is 1. The van der Waals surface area contributed by atoms with Crippen LogP contribution in [0.4, 0.5) is 0 Å². The van der Waals surface area contributed by atoms with E-state index in [0.29, 0.717) is 12.2 Å². The zero-order valence-corrected chi connectivity index (χ0v) is 7.87. The monoisotopic (exact) mass is 179 g/mol. The standard InChI is InChI=1S/C10H13NO2/c1-7(2)6-11-8(3)4-5-9(11)10(12)13/h4-5H,1,6H2,2-3H3,(H,12,13). The van der Waals surface area contributed by atoms with E-state index in [1.54, 1.807) is 16.7 Å². The summed E-state index contributed by atoms with van der Waals surface area (Å²) in [6.45, 7) is 8.09. The Bertz CT molecular complexity index is 350. The highest BCUT2D eigenvalue weighted by Crippen LogP contribution is 2.10. The number of carbonyl (C=O) groups is 1. The van der Waals surface area contributed by atoms with Gasteiger partial charge >= 0.3 is 5.97 Å². The molecule has 0 saturated heterocycles. The van der Waals surface area contributed by atoms with E-state index in [9.17, 15) is 4.79 Å². The van der Waals surface area contributed by atoms with Crippen molar-refractivity contribution in [2.24, 2.45) is 0 Å². The first kappa shape index (κ1) is 9.58. The minimum atomic E-state index is -0.894. The minimum absolute atomic E-state index is 0.320. The highest BCUT2D eigenvalue weighted by atomic mass is 16.4. The Morgan fingerprint density at radius 1 is 1.62 bits per heavy atom. The molecule has 13 heavy (non-hydrogen) atoms. The Morgan fingerprint density at radius 2 is 2.23 bits per heavy atom. The summed E-state index contributed by atoms with van der Waals surface area (Å²) in [6.07, 6.45) is 0. The van der Waals surface area contributed by atoms with Crippen molar-refractivity contribution in [1.29, 1.82) is 0 Å². The van der Waals surface area contributed by atoms with Gasteiger partial charge in [-0.05, 0) is 26.0 Å². The zero-order valence-electron chi connectivity index (χ0n) is 7.87. The molecule has 0 bridgehead atoms. The van der Waals surface area contributed by atoms with Crippen LogP contribution in [0.1, 0.15) is 23.1 Å². The summed E-state index contributed by atoms with van der Waals surface area (Å²) in [7, 11) is 0. The first-order valence-corrected chi connectivity index (χ1v) is 4.06. The molecular weight excluding hydrogens is 166 g/mol. The Hall–Kier alpha value is -1.51. The van der Waals surface area contributed by atoms with Crippen LogP contribution in [0.25, 0.3) is 0 Å². The van der Waals surface area contributed by atoms with Crippen molar-refractivity contribution >= 4 is 5.97 Å². The molecule has 0 aliphatic carbocycles. The van der Waals surface area contributed by atoms with Crippen molar-refractivity contribution in [2.75, 3.05) is 0 Å². The normalized spacial score (nSPS) is 10.0. The summed E-state index contributed by atoms with van der Waals surface area (Å²) in [5, 5.41) is 8.84. The van der Waals surface area contributed by atoms with Crippen LogP contribution in [-0.4, -0.2) is 15.6 Å². The summed E-state index contributed by atoms with van der Waals surface area (Å²) >= 11 is 0. The molecule has 0 aromatic carbocycles. The van der Waals surface area contributed by atoms with Crippen molar-refractivity contribution in [2.45, 2.75) is 20.4 Å². The minimum Gasteiger partial charge on any atom is -0.477 e. The number of hydrogen-bond acceptors (Lipinski definition) is 1. The van der Waals surface area contributed by atoms with Gasteiger partial charge in [0.25, 0.3) is 0 Å². The number of carboxylic acid groups (broad SMARTS) is 1. The number of aromatic nitrogens is 1. The zero-order chi connectivity index (χ0) is 10.0. The topological polar surface area (TPSA) is 42.2 Å². The molecule has 1 aromatic heterocycles. The Kier molecular flexibility index (Phi) is 2.56. The fraction of sp³-hybridized carbons (Fsp3) is 0.300. The van der Waals surface area contributed by atoms with Gasteiger partial charge in [-0.3, -0.25) is 0 Å². The van der Waals surface area contributed by atoms with Crippen LogP contribution in [0, 0.1) is 6.92 Å². The SMILES string of the molecule is C=C(C)Cn1c(C)ccc1C(=O)O. The van der Waals surface area contributed by atoms with Crippen LogP contribution >= 0.6 is 0 Å². The molecule has 1 N–H and O–H groups in total. The number of hydrogen-bond donors (Lipinski definition) is 1. The maximum absolute atomic E-state index is 10.8. The fourth-order valence-electron chi connectivity index (χ4n) is 1.24. The van der Waals surface area contributed by atoms with Crippen LogP contribution in [0.15, 0.2) is 24.3 Å². The van der Waals surface area contributed by atoms with Crippen LogP contribution < -0.4 is 0 Å². The smallest absolute Gasteiger partial charge is 0.352 e. The second-order valence-electron chi connectivity index (χ2n) is 3.21. The molecule has 0 spiro atoms. The van der Waals surface area contributed by atoms with Gasteiger partial charge in [0.2, 0.25) is 0 Å². The van der Waals surface area contributed by atoms with Gasteiger partial charge in [-0.15, -0.1) is 0 Å². The lowest BCUT2D eigenvalue weighted by atomic mass is 10.3. The quantitative estimate of drug-likeness (QED) is 0.722. The summed E-state index contributed by atoms with van der Waals surface area (Å²) in [4.78, 5) is 10.8. The van der Waals surface area contributed by atoms with Gasteiger partial charge in [-0.25, -0.2) is 4.79 Å². The second kappa shape index (κ2) is 3.47. The highest BCUT2D eigenvalue weighted by Gasteiger charge is 2.10. The van der Waals surface area contributed by atoms with Gasteiger partial charge in [0.15, 0.2) is 0 Å². The van der Waals surface area contributed by atoms with Gasteiger partial charge in [0, 0.05) is 12.2 Å². The molecule has 1 heterocycles. The largest absolute Gasteiger partial charge is 0.477 e. The number of allylic oxidation sites excluding steroid dienone is 1. The molecule has 0 saturated carbocycles. The first-order chi connectivity index (χ1) is 6.02. The maximum atomic E-state index is 10.8. The van der Waals surface area contributed by atoms with Crippen molar-refractivity contribution in [3.63, 3.8) is 0 Å². The van der Waals surface area contributed by atoms with Crippen LogP contribution in [0.2, 0.25) is 0 Å². The average Bonchev–Trinajstić information content (AvgIpc) is 2.32. The fourth-order valence-corrected chi connectivity index (χ4v) is 1.24. The molecule has 3 heteroatoms. The first-order valence-electron chi connectivity index (χ1n) is 4.06. The van der Waals surface area contributed by atoms with Gasteiger partial charge in [0.1, 0.15) is 5.69 Å². The van der Waals surface area contributed by atoms with E-state index in [2.05, 4.69) is 6.58 Å². The van der Waals surface area contributed by atoms with E-state index in [4.69, 9.17) is 5.11 Å². The van der Waals surface area contributed by atoms with E-state index in [0.717, 1.165) is 11.3 Å². The summed E-state index contributed by atoms with van der Waals surface area (Å²) < 4.78 is 1.74. The summed E-state index contributed by atoms with van der Waals surface area (Å²) in [6, 6.07) is 3.41. The number of rotatable bonds is 3. The third-order valence-corrected chi connectivity index (χ3v) is 1.85. The van der Waals surface area contributed by atoms with Crippen molar-refractivity contribution in [3.8, 4) is 0 Å². The van der Waals surface area contributed by atoms with Crippen LogP contribution in [0.3, 0.4) is 0 Å². The number of carboxylic acids is 1. The molecule has 0 aliphatic rings. The molecule has 3 nitrogen and oxygen atoms in total. The molecule has 1 aromatic rings. The molecule has 0 radical (unpaired) electrons.